The van der Waals surface area contributed by atoms with Gasteiger partial charge in [0.2, 0.25) is 0 Å². The summed E-state index contributed by atoms with van der Waals surface area (Å²) in [7, 11) is 1.60. The van der Waals surface area contributed by atoms with Gasteiger partial charge in [-0.2, -0.15) is 0 Å². The van der Waals surface area contributed by atoms with Crippen LogP contribution >= 0.6 is 0 Å². The Hall–Kier alpha value is -0.410. The van der Waals surface area contributed by atoms with Gasteiger partial charge in [-0.3, -0.25) is 4.79 Å². The zero-order chi connectivity index (χ0) is 9.19. The van der Waals surface area contributed by atoms with E-state index in [4.69, 9.17) is 10.5 Å². The van der Waals surface area contributed by atoms with Crippen molar-refractivity contribution >= 4 is 5.78 Å². The molecule has 0 amide bonds. The normalized spacial score (nSPS) is 21.9. The fourth-order valence-electron chi connectivity index (χ4n) is 1.22. The van der Waals surface area contributed by atoms with Crippen molar-refractivity contribution in [1.29, 1.82) is 0 Å². The van der Waals surface area contributed by atoms with E-state index in [1.807, 2.05) is 6.92 Å². The molecule has 0 saturated heterocycles. The minimum Gasteiger partial charge on any atom is -0.383 e. The Bertz CT molecular complexity index is 175. The molecule has 1 saturated carbocycles. The fourth-order valence-corrected chi connectivity index (χ4v) is 1.22. The van der Waals surface area contributed by atoms with Gasteiger partial charge in [-0.15, -0.1) is 0 Å². The lowest BCUT2D eigenvalue weighted by Gasteiger charge is -2.12. The Labute approximate surface area is 73.3 Å². The summed E-state index contributed by atoms with van der Waals surface area (Å²) in [6, 6.07) is -0.125. The van der Waals surface area contributed by atoms with Gasteiger partial charge in [-0.25, -0.2) is 0 Å². The molecular formula is C9H17NO2. The monoisotopic (exact) mass is 171 g/mol. The SMILES string of the molecule is COCC(N)CC(=O)C1(C)CC1. The van der Waals surface area contributed by atoms with E-state index in [0.717, 1.165) is 12.8 Å². The van der Waals surface area contributed by atoms with Gasteiger partial charge < -0.3 is 10.5 Å². The van der Waals surface area contributed by atoms with Gasteiger partial charge in [0.25, 0.3) is 0 Å². The Morgan fingerprint density at radius 1 is 1.67 bits per heavy atom. The maximum absolute atomic E-state index is 11.5. The van der Waals surface area contributed by atoms with Crippen molar-refractivity contribution in [1.82, 2.24) is 0 Å². The highest BCUT2D eigenvalue weighted by atomic mass is 16.5. The highest BCUT2D eigenvalue weighted by molar-refractivity contribution is 5.87. The van der Waals surface area contributed by atoms with Gasteiger partial charge in [-0.1, -0.05) is 6.92 Å². The summed E-state index contributed by atoms with van der Waals surface area (Å²) in [6.07, 6.45) is 2.53. The molecule has 0 aromatic heterocycles. The molecule has 1 rings (SSSR count). The number of ether oxygens (including phenoxy) is 1. The summed E-state index contributed by atoms with van der Waals surface area (Å²) < 4.78 is 4.86. The van der Waals surface area contributed by atoms with Gasteiger partial charge in [0.1, 0.15) is 5.78 Å². The second-order valence-electron chi connectivity index (χ2n) is 3.90. The molecule has 1 fully saturated rings. The molecule has 0 heterocycles. The maximum Gasteiger partial charge on any atom is 0.140 e. The van der Waals surface area contributed by atoms with Crippen LogP contribution in [-0.4, -0.2) is 25.5 Å². The van der Waals surface area contributed by atoms with Crippen LogP contribution in [0.1, 0.15) is 26.2 Å². The van der Waals surface area contributed by atoms with Crippen molar-refractivity contribution in [3.63, 3.8) is 0 Å². The van der Waals surface area contributed by atoms with Crippen molar-refractivity contribution in [3.05, 3.63) is 0 Å². The lowest BCUT2D eigenvalue weighted by molar-refractivity contribution is -0.124. The molecule has 0 spiro atoms. The van der Waals surface area contributed by atoms with Crippen LogP contribution in [-0.2, 0) is 9.53 Å². The number of carbonyl (C=O) groups is 1. The number of carbonyl (C=O) groups excluding carboxylic acids is 1. The number of Topliss-reactive ketones (excluding diaryl/α,β-unsaturated/α-hetero) is 1. The van der Waals surface area contributed by atoms with Crippen LogP contribution in [0.5, 0.6) is 0 Å². The zero-order valence-corrected chi connectivity index (χ0v) is 7.80. The summed E-state index contributed by atoms with van der Waals surface area (Å²) >= 11 is 0. The zero-order valence-electron chi connectivity index (χ0n) is 7.80. The molecule has 1 atom stereocenters. The topological polar surface area (TPSA) is 52.3 Å². The molecule has 0 radical (unpaired) electrons. The predicted octanol–water partition coefficient (Wildman–Crippen LogP) is 0.719. The van der Waals surface area contributed by atoms with E-state index in [0.29, 0.717) is 18.8 Å². The van der Waals surface area contributed by atoms with Gasteiger partial charge >= 0.3 is 0 Å². The number of nitrogens with two attached hydrogens (primary N) is 1. The second kappa shape index (κ2) is 3.54. The molecule has 12 heavy (non-hydrogen) atoms. The number of hydrogen-bond acceptors (Lipinski definition) is 3. The molecule has 3 nitrogen and oxygen atoms in total. The van der Waals surface area contributed by atoms with Crippen LogP contribution in [0.15, 0.2) is 0 Å². The van der Waals surface area contributed by atoms with E-state index in [1.54, 1.807) is 7.11 Å². The molecule has 2 N–H and O–H groups in total. The third kappa shape index (κ3) is 2.29. The van der Waals surface area contributed by atoms with E-state index in [1.165, 1.54) is 0 Å². The first-order valence-corrected chi connectivity index (χ1v) is 4.36. The largest absolute Gasteiger partial charge is 0.383 e. The number of methoxy groups -OCH3 is 1. The van der Waals surface area contributed by atoms with Crippen molar-refractivity contribution in [3.8, 4) is 0 Å². The van der Waals surface area contributed by atoms with E-state index < -0.39 is 0 Å². The number of hydrogen-bond donors (Lipinski definition) is 1. The van der Waals surface area contributed by atoms with Crippen LogP contribution in [0.4, 0.5) is 0 Å². The van der Waals surface area contributed by atoms with Gasteiger partial charge in [0.15, 0.2) is 0 Å². The van der Waals surface area contributed by atoms with E-state index in [2.05, 4.69) is 0 Å². The van der Waals surface area contributed by atoms with Gasteiger partial charge in [0, 0.05) is 25.0 Å². The average Bonchev–Trinajstić information content (AvgIpc) is 2.69. The summed E-state index contributed by atoms with van der Waals surface area (Å²) in [5.74, 6) is 0.298. The van der Waals surface area contributed by atoms with Crippen LogP contribution in [0, 0.1) is 5.41 Å². The number of ketones is 1. The Kier molecular flexibility index (Phi) is 2.85. The molecule has 1 unspecified atom stereocenters. The van der Waals surface area contributed by atoms with Crippen LogP contribution < -0.4 is 5.73 Å². The summed E-state index contributed by atoms with van der Waals surface area (Å²) in [5, 5.41) is 0. The van der Waals surface area contributed by atoms with Crippen molar-refractivity contribution in [2.24, 2.45) is 11.1 Å². The van der Waals surface area contributed by atoms with E-state index in [9.17, 15) is 4.79 Å². The number of rotatable bonds is 5. The van der Waals surface area contributed by atoms with Crippen molar-refractivity contribution in [2.75, 3.05) is 13.7 Å². The highest BCUT2D eigenvalue weighted by Crippen LogP contribution is 2.46. The molecule has 3 heteroatoms. The quantitative estimate of drug-likeness (QED) is 0.663. The predicted molar refractivity (Wildman–Crippen MR) is 46.8 cm³/mol. The Morgan fingerprint density at radius 2 is 2.25 bits per heavy atom. The third-order valence-corrected chi connectivity index (χ3v) is 2.50. The molecule has 70 valence electrons. The van der Waals surface area contributed by atoms with E-state index in [-0.39, 0.29) is 11.5 Å². The smallest absolute Gasteiger partial charge is 0.140 e. The van der Waals surface area contributed by atoms with Crippen molar-refractivity contribution < 1.29 is 9.53 Å². The summed E-state index contributed by atoms with van der Waals surface area (Å²) in [4.78, 5) is 11.5. The molecule has 0 aromatic carbocycles. The second-order valence-corrected chi connectivity index (χ2v) is 3.90. The first-order valence-electron chi connectivity index (χ1n) is 4.36. The summed E-state index contributed by atoms with van der Waals surface area (Å²) in [5.41, 5.74) is 5.63. The molecular weight excluding hydrogens is 154 g/mol. The van der Waals surface area contributed by atoms with Crippen molar-refractivity contribution in [2.45, 2.75) is 32.2 Å². The highest BCUT2D eigenvalue weighted by Gasteiger charge is 2.44. The fraction of sp³-hybridized carbons (Fsp3) is 0.889. The van der Waals surface area contributed by atoms with Gasteiger partial charge in [0.05, 0.1) is 6.61 Å². The first-order chi connectivity index (χ1) is 5.58. The van der Waals surface area contributed by atoms with E-state index >= 15 is 0 Å². The lowest BCUT2D eigenvalue weighted by atomic mass is 9.98. The van der Waals surface area contributed by atoms with Gasteiger partial charge in [-0.05, 0) is 12.8 Å². The molecule has 0 aromatic rings. The third-order valence-electron chi connectivity index (χ3n) is 2.50. The first kappa shape index (κ1) is 9.68. The minimum atomic E-state index is -0.125. The van der Waals surface area contributed by atoms with Crippen LogP contribution in [0.2, 0.25) is 0 Å². The lowest BCUT2D eigenvalue weighted by Crippen LogP contribution is -2.31. The Balaban J connectivity index is 2.26. The maximum atomic E-state index is 11.5. The minimum absolute atomic E-state index is 0.0363. The van der Waals surface area contributed by atoms with Crippen LogP contribution in [0.25, 0.3) is 0 Å². The molecule has 0 aliphatic heterocycles. The average molecular weight is 171 g/mol. The van der Waals surface area contributed by atoms with Crippen LogP contribution in [0.3, 0.4) is 0 Å². The Morgan fingerprint density at radius 3 is 2.67 bits per heavy atom. The molecule has 1 aliphatic carbocycles. The molecule has 1 aliphatic rings. The summed E-state index contributed by atoms with van der Waals surface area (Å²) in [6.45, 7) is 2.48. The molecule has 0 bridgehead atoms. The standard InChI is InChI=1S/C9H17NO2/c1-9(3-4-9)8(11)5-7(10)6-12-2/h7H,3-6,10H2,1-2H3.